The number of carbonyl (C=O) groups is 2. The van der Waals surface area contributed by atoms with Crippen LogP contribution in [0.15, 0.2) is 36.5 Å². The smallest absolute Gasteiger partial charge is 0.339 e. The van der Waals surface area contributed by atoms with E-state index in [1.54, 1.807) is 36.1 Å². The minimum atomic E-state index is -0.453. The van der Waals surface area contributed by atoms with Gasteiger partial charge in [-0.15, -0.1) is 0 Å². The van der Waals surface area contributed by atoms with E-state index in [4.69, 9.17) is 4.74 Å². The summed E-state index contributed by atoms with van der Waals surface area (Å²) in [6.45, 7) is 6.30. The van der Waals surface area contributed by atoms with Crippen molar-refractivity contribution in [3.8, 4) is 0 Å². The van der Waals surface area contributed by atoms with Crippen molar-refractivity contribution in [1.29, 1.82) is 0 Å². The predicted octanol–water partition coefficient (Wildman–Crippen LogP) is 3.45. The van der Waals surface area contributed by atoms with Gasteiger partial charge in [-0.2, -0.15) is 0 Å². The number of nitrogens with one attached hydrogen (secondary N) is 1. The van der Waals surface area contributed by atoms with E-state index in [0.717, 1.165) is 24.3 Å². The van der Waals surface area contributed by atoms with E-state index >= 15 is 0 Å². The Morgan fingerprint density at radius 1 is 1.17 bits per heavy atom. The van der Waals surface area contributed by atoms with Crippen molar-refractivity contribution in [2.45, 2.75) is 20.3 Å². The molecule has 2 amide bonds. The second-order valence-corrected chi connectivity index (χ2v) is 6.87. The largest absolute Gasteiger partial charge is 0.462 e. The minimum absolute atomic E-state index is 0.187. The summed E-state index contributed by atoms with van der Waals surface area (Å²) in [6.07, 6.45) is 2.26. The molecule has 0 radical (unpaired) electrons. The van der Waals surface area contributed by atoms with Gasteiger partial charge in [-0.25, -0.2) is 19.0 Å². The fourth-order valence-corrected chi connectivity index (χ4v) is 3.19. The number of aryl methyl sites for hydroxylation is 1. The Hall–Kier alpha value is -3.16. The molecular weight excluding hydrogens is 375 g/mol. The summed E-state index contributed by atoms with van der Waals surface area (Å²) in [5.41, 5.74) is 1.47. The van der Waals surface area contributed by atoms with Crippen LogP contribution in [-0.4, -0.2) is 54.7 Å². The molecule has 1 aromatic carbocycles. The second kappa shape index (κ2) is 9.36. The molecule has 0 spiro atoms. The van der Waals surface area contributed by atoms with E-state index in [-0.39, 0.29) is 11.7 Å². The average molecular weight is 400 g/mol. The van der Waals surface area contributed by atoms with Crippen LogP contribution in [0.4, 0.5) is 20.7 Å². The first kappa shape index (κ1) is 20.6. The Labute approximate surface area is 169 Å². The highest BCUT2D eigenvalue weighted by molar-refractivity contribution is 5.90. The van der Waals surface area contributed by atoms with Crippen LogP contribution in [0.5, 0.6) is 0 Å². The summed E-state index contributed by atoms with van der Waals surface area (Å²) >= 11 is 0. The lowest BCUT2D eigenvalue weighted by atomic mass is 10.2. The standard InChI is InChI=1S/C21H25FN4O3/c1-3-29-20(27)16-6-8-19(23-14-16)25-9-4-10-26(12-11-25)21(28)24-18-13-15(2)5-7-17(18)22/h5-8,13-14H,3-4,9-12H2,1-2H3,(H,24,28). The number of hydrogen-bond donors (Lipinski definition) is 1. The molecule has 0 saturated carbocycles. The van der Waals surface area contributed by atoms with Crippen molar-refractivity contribution in [3.63, 3.8) is 0 Å². The van der Waals surface area contributed by atoms with E-state index in [0.29, 0.717) is 31.8 Å². The Kier molecular flexibility index (Phi) is 6.64. The summed E-state index contributed by atoms with van der Waals surface area (Å²) in [5, 5.41) is 2.66. The zero-order chi connectivity index (χ0) is 20.8. The minimum Gasteiger partial charge on any atom is -0.462 e. The molecule has 2 aromatic rings. The highest BCUT2D eigenvalue weighted by Crippen LogP contribution is 2.18. The van der Waals surface area contributed by atoms with E-state index < -0.39 is 11.8 Å². The average Bonchev–Trinajstić information content (AvgIpc) is 2.97. The van der Waals surface area contributed by atoms with Crippen LogP contribution in [0, 0.1) is 12.7 Å². The van der Waals surface area contributed by atoms with Crippen molar-refractivity contribution in [2.24, 2.45) is 0 Å². The topological polar surface area (TPSA) is 74.8 Å². The second-order valence-electron chi connectivity index (χ2n) is 6.87. The molecule has 1 N–H and O–H groups in total. The molecule has 0 bridgehead atoms. The SMILES string of the molecule is CCOC(=O)c1ccc(N2CCCN(C(=O)Nc3cc(C)ccc3F)CC2)nc1. The van der Waals surface area contributed by atoms with Crippen molar-refractivity contribution in [1.82, 2.24) is 9.88 Å². The first-order valence-electron chi connectivity index (χ1n) is 9.68. The van der Waals surface area contributed by atoms with E-state index in [2.05, 4.69) is 15.2 Å². The fraction of sp³-hybridized carbons (Fsp3) is 0.381. The summed E-state index contributed by atoms with van der Waals surface area (Å²) in [4.78, 5) is 32.4. The van der Waals surface area contributed by atoms with Gasteiger partial charge >= 0.3 is 12.0 Å². The van der Waals surface area contributed by atoms with Gasteiger partial charge < -0.3 is 19.9 Å². The third kappa shape index (κ3) is 5.22. The Morgan fingerprint density at radius 2 is 2.00 bits per heavy atom. The number of hydrogen-bond acceptors (Lipinski definition) is 5. The van der Waals surface area contributed by atoms with Crippen LogP contribution in [0.3, 0.4) is 0 Å². The van der Waals surface area contributed by atoms with Gasteiger partial charge in [0.15, 0.2) is 0 Å². The summed E-state index contributed by atoms with van der Waals surface area (Å²) < 4.78 is 18.9. The summed E-state index contributed by atoms with van der Waals surface area (Å²) in [6, 6.07) is 7.78. The summed E-state index contributed by atoms with van der Waals surface area (Å²) in [5.74, 6) is -0.107. The van der Waals surface area contributed by atoms with Crippen LogP contribution in [-0.2, 0) is 4.74 Å². The maximum absolute atomic E-state index is 13.9. The molecule has 7 nitrogen and oxygen atoms in total. The molecule has 0 unspecified atom stereocenters. The normalized spacial score (nSPS) is 14.3. The summed E-state index contributed by atoms with van der Waals surface area (Å²) in [7, 11) is 0. The number of urea groups is 1. The Balaban J connectivity index is 1.60. The number of pyridine rings is 1. The first-order chi connectivity index (χ1) is 14.0. The Bertz CT molecular complexity index is 873. The zero-order valence-electron chi connectivity index (χ0n) is 16.7. The number of esters is 1. The lowest BCUT2D eigenvalue weighted by Gasteiger charge is -2.23. The number of aromatic nitrogens is 1. The van der Waals surface area contributed by atoms with Crippen LogP contribution < -0.4 is 10.2 Å². The van der Waals surface area contributed by atoms with Crippen LogP contribution >= 0.6 is 0 Å². The van der Waals surface area contributed by atoms with Crippen LogP contribution in [0.25, 0.3) is 0 Å². The third-order valence-corrected chi connectivity index (χ3v) is 4.73. The van der Waals surface area contributed by atoms with Gasteiger partial charge in [0.25, 0.3) is 0 Å². The van der Waals surface area contributed by atoms with Crippen molar-refractivity contribution >= 4 is 23.5 Å². The quantitative estimate of drug-likeness (QED) is 0.796. The molecule has 0 aliphatic carbocycles. The maximum atomic E-state index is 13.9. The molecular formula is C21H25FN4O3. The van der Waals surface area contributed by atoms with Gasteiger partial charge in [0.05, 0.1) is 17.9 Å². The lowest BCUT2D eigenvalue weighted by Crippen LogP contribution is -2.38. The molecule has 3 rings (SSSR count). The van der Waals surface area contributed by atoms with E-state index in [1.165, 1.54) is 12.3 Å². The molecule has 8 heteroatoms. The van der Waals surface area contributed by atoms with E-state index in [9.17, 15) is 14.0 Å². The third-order valence-electron chi connectivity index (χ3n) is 4.73. The number of anilines is 2. The maximum Gasteiger partial charge on any atom is 0.339 e. The number of benzene rings is 1. The lowest BCUT2D eigenvalue weighted by molar-refractivity contribution is 0.0526. The van der Waals surface area contributed by atoms with Gasteiger partial charge in [0, 0.05) is 32.4 Å². The molecule has 1 aromatic heterocycles. The van der Waals surface area contributed by atoms with Crippen LogP contribution in [0.1, 0.15) is 29.3 Å². The number of carbonyl (C=O) groups excluding carboxylic acids is 2. The highest BCUT2D eigenvalue weighted by atomic mass is 19.1. The van der Waals surface area contributed by atoms with Crippen molar-refractivity contribution in [3.05, 3.63) is 53.5 Å². The number of nitrogens with zero attached hydrogens (tertiary/aromatic N) is 3. The fourth-order valence-electron chi connectivity index (χ4n) is 3.19. The van der Waals surface area contributed by atoms with Gasteiger partial charge in [-0.3, -0.25) is 0 Å². The molecule has 1 fully saturated rings. The molecule has 29 heavy (non-hydrogen) atoms. The van der Waals surface area contributed by atoms with E-state index in [1.807, 2.05) is 6.92 Å². The number of ether oxygens (including phenoxy) is 1. The molecule has 1 aliphatic heterocycles. The van der Waals surface area contributed by atoms with Gasteiger partial charge in [-0.1, -0.05) is 6.07 Å². The molecule has 154 valence electrons. The van der Waals surface area contributed by atoms with Crippen molar-refractivity contribution in [2.75, 3.05) is 43.0 Å². The van der Waals surface area contributed by atoms with Crippen LogP contribution in [0.2, 0.25) is 0 Å². The number of halogens is 1. The molecule has 0 atom stereocenters. The van der Waals surface area contributed by atoms with Gasteiger partial charge in [0.2, 0.25) is 0 Å². The highest BCUT2D eigenvalue weighted by Gasteiger charge is 2.21. The van der Waals surface area contributed by atoms with Gasteiger partial charge in [0.1, 0.15) is 11.6 Å². The first-order valence-corrected chi connectivity index (χ1v) is 9.68. The molecule has 1 saturated heterocycles. The van der Waals surface area contributed by atoms with Crippen molar-refractivity contribution < 1.29 is 18.7 Å². The van der Waals surface area contributed by atoms with Gasteiger partial charge in [-0.05, 0) is 50.1 Å². The number of amides is 2. The number of rotatable bonds is 4. The Morgan fingerprint density at radius 3 is 2.72 bits per heavy atom. The predicted molar refractivity (Wildman–Crippen MR) is 109 cm³/mol. The molecule has 1 aliphatic rings. The monoisotopic (exact) mass is 400 g/mol. The zero-order valence-corrected chi connectivity index (χ0v) is 16.7. The molecule has 2 heterocycles.